The van der Waals surface area contributed by atoms with Gasteiger partial charge in [0.25, 0.3) is 5.91 Å². The lowest BCUT2D eigenvalue weighted by Gasteiger charge is -2.32. The molecule has 9 heteroatoms. The van der Waals surface area contributed by atoms with Gasteiger partial charge in [-0.3, -0.25) is 9.53 Å². The summed E-state index contributed by atoms with van der Waals surface area (Å²) >= 11 is 0. The van der Waals surface area contributed by atoms with Crippen LogP contribution in [-0.2, 0) is 4.74 Å². The van der Waals surface area contributed by atoms with Crippen LogP contribution >= 0.6 is 0 Å². The lowest BCUT2D eigenvalue weighted by Crippen LogP contribution is -2.42. The number of nitrogens with zero attached hydrogens (tertiary/aromatic N) is 1. The van der Waals surface area contributed by atoms with Crippen LogP contribution in [0.1, 0.15) is 23.2 Å². The number of methoxy groups -OCH3 is 3. The zero-order chi connectivity index (χ0) is 18.6. The summed E-state index contributed by atoms with van der Waals surface area (Å²) < 4.78 is 56.4. The number of hydrogen-bond donors (Lipinski definition) is 0. The summed E-state index contributed by atoms with van der Waals surface area (Å²) in [6.07, 6.45) is -5.37. The maximum atomic E-state index is 12.7. The van der Waals surface area contributed by atoms with Crippen molar-refractivity contribution in [1.82, 2.24) is 4.90 Å². The van der Waals surface area contributed by atoms with Crippen LogP contribution in [0.25, 0.3) is 0 Å². The van der Waals surface area contributed by atoms with E-state index in [0.717, 1.165) is 0 Å². The Hall–Kier alpha value is -2.16. The number of halogens is 3. The van der Waals surface area contributed by atoms with Crippen molar-refractivity contribution in [3.05, 3.63) is 17.7 Å². The molecule has 0 bridgehead atoms. The highest BCUT2D eigenvalue weighted by molar-refractivity contribution is 5.98. The van der Waals surface area contributed by atoms with Crippen LogP contribution in [0.5, 0.6) is 17.2 Å². The predicted octanol–water partition coefficient (Wildman–Crippen LogP) is 2.85. The molecule has 0 saturated carbocycles. The van der Waals surface area contributed by atoms with E-state index in [2.05, 4.69) is 4.74 Å². The minimum atomic E-state index is -4.66. The second kappa shape index (κ2) is 7.81. The van der Waals surface area contributed by atoms with Crippen LogP contribution in [0.3, 0.4) is 0 Å². The SMILES string of the molecule is COc1cc(OC)c(C(=O)N2CCC(OC(F)(F)F)CC2)cc1OC. The average Bonchev–Trinajstić information content (AvgIpc) is 2.59. The fourth-order valence-corrected chi connectivity index (χ4v) is 2.73. The zero-order valence-electron chi connectivity index (χ0n) is 14.2. The molecule has 6 nitrogen and oxygen atoms in total. The first-order valence-corrected chi connectivity index (χ1v) is 7.63. The monoisotopic (exact) mass is 363 g/mol. The van der Waals surface area contributed by atoms with Crippen molar-refractivity contribution in [2.45, 2.75) is 25.3 Å². The molecule has 0 spiro atoms. The van der Waals surface area contributed by atoms with Crippen molar-refractivity contribution in [3.63, 3.8) is 0 Å². The molecule has 0 aliphatic carbocycles. The number of ether oxygens (including phenoxy) is 4. The first-order chi connectivity index (χ1) is 11.8. The Morgan fingerprint density at radius 1 is 1.00 bits per heavy atom. The van der Waals surface area contributed by atoms with E-state index < -0.39 is 12.5 Å². The summed E-state index contributed by atoms with van der Waals surface area (Å²) in [5, 5.41) is 0. The number of rotatable bonds is 5. The van der Waals surface area contributed by atoms with Crippen LogP contribution in [0.15, 0.2) is 12.1 Å². The maximum Gasteiger partial charge on any atom is 0.522 e. The molecular formula is C16H20F3NO5. The van der Waals surface area contributed by atoms with Gasteiger partial charge in [-0.05, 0) is 12.8 Å². The third-order valence-electron chi connectivity index (χ3n) is 3.97. The molecule has 1 amide bonds. The highest BCUT2D eigenvalue weighted by Crippen LogP contribution is 2.35. The number of carbonyl (C=O) groups is 1. The molecule has 1 heterocycles. The summed E-state index contributed by atoms with van der Waals surface area (Å²) in [7, 11) is 4.32. The maximum absolute atomic E-state index is 12.7. The van der Waals surface area contributed by atoms with E-state index >= 15 is 0 Å². The first-order valence-electron chi connectivity index (χ1n) is 7.63. The number of carbonyl (C=O) groups excluding carboxylic acids is 1. The van der Waals surface area contributed by atoms with Crippen molar-refractivity contribution in [3.8, 4) is 17.2 Å². The molecule has 1 aromatic carbocycles. The van der Waals surface area contributed by atoms with E-state index in [9.17, 15) is 18.0 Å². The summed E-state index contributed by atoms with van der Waals surface area (Å²) in [6.45, 7) is 0.328. The first kappa shape index (κ1) is 19.2. The molecule has 0 atom stereocenters. The van der Waals surface area contributed by atoms with Crippen molar-refractivity contribution >= 4 is 5.91 Å². The number of benzene rings is 1. The van der Waals surface area contributed by atoms with Gasteiger partial charge in [-0.25, -0.2) is 0 Å². The van der Waals surface area contributed by atoms with Gasteiger partial charge in [-0.2, -0.15) is 0 Å². The van der Waals surface area contributed by atoms with Crippen LogP contribution in [0.4, 0.5) is 13.2 Å². The second-order valence-corrected chi connectivity index (χ2v) is 5.46. The Labute approximate surface area is 143 Å². The van der Waals surface area contributed by atoms with Crippen molar-refractivity contribution in [2.24, 2.45) is 0 Å². The Morgan fingerprint density at radius 3 is 2.00 bits per heavy atom. The van der Waals surface area contributed by atoms with E-state index in [1.807, 2.05) is 0 Å². The van der Waals surface area contributed by atoms with Crippen LogP contribution < -0.4 is 14.2 Å². The van der Waals surface area contributed by atoms with E-state index in [4.69, 9.17) is 14.2 Å². The summed E-state index contributed by atoms with van der Waals surface area (Å²) in [5.74, 6) is 0.731. The molecule has 25 heavy (non-hydrogen) atoms. The molecule has 0 radical (unpaired) electrons. The fourth-order valence-electron chi connectivity index (χ4n) is 2.73. The van der Waals surface area contributed by atoms with Crippen LogP contribution in [0.2, 0.25) is 0 Å². The van der Waals surface area contributed by atoms with Crippen molar-refractivity contribution < 1.29 is 36.9 Å². The van der Waals surface area contributed by atoms with Gasteiger partial charge in [0.05, 0.1) is 33.0 Å². The lowest BCUT2D eigenvalue weighted by molar-refractivity contribution is -0.345. The molecule has 2 rings (SSSR count). The fraction of sp³-hybridized carbons (Fsp3) is 0.562. The highest BCUT2D eigenvalue weighted by atomic mass is 19.4. The molecular weight excluding hydrogens is 343 g/mol. The predicted molar refractivity (Wildman–Crippen MR) is 82.2 cm³/mol. The smallest absolute Gasteiger partial charge is 0.496 e. The normalized spacial score (nSPS) is 15.8. The largest absolute Gasteiger partial charge is 0.522 e. The zero-order valence-corrected chi connectivity index (χ0v) is 14.2. The number of hydrogen-bond acceptors (Lipinski definition) is 5. The number of likely N-dealkylation sites (tertiary alicyclic amines) is 1. The van der Waals surface area contributed by atoms with Gasteiger partial charge < -0.3 is 19.1 Å². The van der Waals surface area contributed by atoms with Gasteiger partial charge >= 0.3 is 6.36 Å². The van der Waals surface area contributed by atoms with Gasteiger partial charge in [-0.15, -0.1) is 13.2 Å². The molecule has 1 saturated heterocycles. The van der Waals surface area contributed by atoms with Crippen molar-refractivity contribution in [2.75, 3.05) is 34.4 Å². The molecule has 0 aromatic heterocycles. The molecule has 140 valence electrons. The van der Waals surface area contributed by atoms with E-state index in [1.165, 1.54) is 38.4 Å². The Kier molecular flexibility index (Phi) is 5.99. The number of amides is 1. The van der Waals surface area contributed by atoms with Crippen LogP contribution in [-0.4, -0.2) is 57.7 Å². The lowest BCUT2D eigenvalue weighted by atomic mass is 10.1. The van der Waals surface area contributed by atoms with E-state index in [1.54, 1.807) is 0 Å². The van der Waals surface area contributed by atoms with Gasteiger partial charge in [0.15, 0.2) is 11.5 Å². The van der Waals surface area contributed by atoms with Gasteiger partial charge in [-0.1, -0.05) is 0 Å². The standard InChI is InChI=1S/C16H20F3NO5/c1-22-12-9-14(24-3)13(23-2)8-11(12)15(21)20-6-4-10(5-7-20)25-16(17,18)19/h8-10H,4-7H2,1-3H3. The molecule has 1 aromatic rings. The molecule has 1 aliphatic heterocycles. The Balaban J connectivity index is 2.13. The molecule has 1 fully saturated rings. The minimum absolute atomic E-state index is 0.112. The second-order valence-electron chi connectivity index (χ2n) is 5.46. The van der Waals surface area contributed by atoms with Gasteiger partial charge in [0.2, 0.25) is 0 Å². The summed E-state index contributed by atoms with van der Waals surface area (Å²) in [5.41, 5.74) is 0.260. The quantitative estimate of drug-likeness (QED) is 0.805. The topological polar surface area (TPSA) is 57.2 Å². The minimum Gasteiger partial charge on any atom is -0.496 e. The summed E-state index contributed by atoms with van der Waals surface area (Å²) in [6, 6.07) is 3.03. The highest BCUT2D eigenvalue weighted by Gasteiger charge is 2.36. The third-order valence-corrected chi connectivity index (χ3v) is 3.97. The van der Waals surface area contributed by atoms with Crippen LogP contribution in [0, 0.1) is 0 Å². The summed E-state index contributed by atoms with van der Waals surface area (Å²) in [4.78, 5) is 14.2. The molecule has 1 aliphatic rings. The third kappa shape index (κ3) is 4.68. The number of piperidine rings is 1. The molecule has 0 N–H and O–H groups in total. The van der Waals surface area contributed by atoms with Gasteiger partial charge in [0, 0.05) is 25.2 Å². The Bertz CT molecular complexity index is 613. The van der Waals surface area contributed by atoms with E-state index in [0.29, 0.717) is 17.2 Å². The molecule has 0 unspecified atom stereocenters. The average molecular weight is 363 g/mol. The van der Waals surface area contributed by atoms with E-state index in [-0.39, 0.29) is 37.4 Å². The van der Waals surface area contributed by atoms with Crippen molar-refractivity contribution in [1.29, 1.82) is 0 Å². The Morgan fingerprint density at radius 2 is 1.52 bits per heavy atom. The van der Waals surface area contributed by atoms with Gasteiger partial charge in [0.1, 0.15) is 5.75 Å². The number of alkyl halides is 3.